The normalized spacial score (nSPS) is 11.9. The van der Waals surface area contributed by atoms with Crippen LogP contribution in [0.3, 0.4) is 0 Å². The van der Waals surface area contributed by atoms with E-state index in [1.54, 1.807) is 6.92 Å². The van der Waals surface area contributed by atoms with E-state index in [2.05, 4.69) is 5.32 Å². The number of hydrogen-bond donors (Lipinski definition) is 1. The Labute approximate surface area is 142 Å². The highest BCUT2D eigenvalue weighted by Gasteiger charge is 2.18. The number of carbonyl (C=O) groups excluding carboxylic acids is 1. The minimum absolute atomic E-state index is 0.315. The molecule has 2 aromatic rings. The monoisotopic (exact) mass is 355 g/mol. The molecule has 1 amide bonds. The first kappa shape index (κ1) is 18.2. The number of hydrogen-bond acceptors (Lipinski definition) is 3. The van der Waals surface area contributed by atoms with Crippen LogP contribution in [-0.2, 0) is 10.5 Å². The first-order valence-corrected chi connectivity index (χ1v) is 8.16. The number of halogens is 3. The van der Waals surface area contributed by atoms with E-state index in [1.165, 1.54) is 43.1 Å². The van der Waals surface area contributed by atoms with Crippen LogP contribution in [0.2, 0.25) is 0 Å². The van der Waals surface area contributed by atoms with Gasteiger partial charge >= 0.3 is 0 Å². The second-order valence-corrected chi connectivity index (χ2v) is 6.32. The molecule has 0 fully saturated rings. The largest absolute Gasteiger partial charge is 0.496 e. The van der Waals surface area contributed by atoms with Gasteiger partial charge in [-0.2, -0.15) is 0 Å². The summed E-state index contributed by atoms with van der Waals surface area (Å²) in [5.74, 6) is -1.80. The van der Waals surface area contributed by atoms with E-state index in [1.807, 2.05) is 0 Å². The molecule has 0 aliphatic heterocycles. The molecular formula is C17H16F3NO2S. The zero-order valence-corrected chi connectivity index (χ0v) is 13.9. The van der Waals surface area contributed by atoms with Crippen LogP contribution < -0.4 is 10.1 Å². The quantitative estimate of drug-likeness (QED) is 0.836. The van der Waals surface area contributed by atoms with Crippen molar-refractivity contribution in [3.8, 4) is 5.75 Å². The summed E-state index contributed by atoms with van der Waals surface area (Å²) in [5.41, 5.74) is 0.123. The average Bonchev–Trinajstić information content (AvgIpc) is 2.56. The summed E-state index contributed by atoms with van der Waals surface area (Å²) in [6.45, 7) is 1.60. The number of anilines is 1. The minimum Gasteiger partial charge on any atom is -0.496 e. The van der Waals surface area contributed by atoms with Crippen molar-refractivity contribution in [1.29, 1.82) is 0 Å². The molecule has 3 nitrogen and oxygen atoms in total. The van der Waals surface area contributed by atoms with Crippen molar-refractivity contribution < 1.29 is 22.7 Å². The van der Waals surface area contributed by atoms with Gasteiger partial charge in [0.25, 0.3) is 0 Å². The van der Waals surface area contributed by atoms with Gasteiger partial charge in [-0.05, 0) is 37.3 Å². The van der Waals surface area contributed by atoms with Gasteiger partial charge < -0.3 is 10.1 Å². The second-order valence-electron chi connectivity index (χ2n) is 5.00. The molecule has 0 bridgehead atoms. The summed E-state index contributed by atoms with van der Waals surface area (Å²) in [4.78, 5) is 12.1. The molecule has 0 spiro atoms. The Morgan fingerprint density at radius 1 is 1.21 bits per heavy atom. The van der Waals surface area contributed by atoms with E-state index in [0.717, 1.165) is 12.1 Å². The lowest BCUT2D eigenvalue weighted by Gasteiger charge is -2.14. The molecule has 1 N–H and O–H groups in total. The fourth-order valence-electron chi connectivity index (χ4n) is 1.99. The smallest absolute Gasteiger partial charge is 0.237 e. The van der Waals surface area contributed by atoms with Crippen LogP contribution in [0.4, 0.5) is 18.9 Å². The molecule has 0 radical (unpaired) electrons. The summed E-state index contributed by atoms with van der Waals surface area (Å²) in [6, 6.07) is 7.46. The number of benzene rings is 2. The Morgan fingerprint density at radius 2 is 1.88 bits per heavy atom. The van der Waals surface area contributed by atoms with Crippen LogP contribution in [0.5, 0.6) is 5.75 Å². The number of carbonyl (C=O) groups is 1. The van der Waals surface area contributed by atoms with Gasteiger partial charge in [0.2, 0.25) is 5.91 Å². The maximum absolute atomic E-state index is 13.5. The lowest BCUT2D eigenvalue weighted by molar-refractivity contribution is -0.115. The van der Waals surface area contributed by atoms with Gasteiger partial charge in [-0.1, -0.05) is 6.07 Å². The molecule has 1 unspecified atom stereocenters. The van der Waals surface area contributed by atoms with Crippen LogP contribution >= 0.6 is 11.8 Å². The van der Waals surface area contributed by atoms with E-state index in [0.29, 0.717) is 17.1 Å². The summed E-state index contributed by atoms with van der Waals surface area (Å²) < 4.78 is 45.6. The molecular weight excluding hydrogens is 339 g/mol. The Morgan fingerprint density at radius 3 is 2.50 bits per heavy atom. The lowest BCUT2D eigenvalue weighted by Crippen LogP contribution is -2.23. The number of rotatable bonds is 6. The summed E-state index contributed by atoms with van der Waals surface area (Å²) in [6.07, 6.45) is 0. The van der Waals surface area contributed by atoms with Gasteiger partial charge in [-0.3, -0.25) is 4.79 Å². The maximum Gasteiger partial charge on any atom is 0.237 e. The number of nitrogens with one attached hydrogen (secondary N) is 1. The van der Waals surface area contributed by atoms with Crippen molar-refractivity contribution in [2.24, 2.45) is 0 Å². The van der Waals surface area contributed by atoms with Crippen molar-refractivity contribution in [3.63, 3.8) is 0 Å². The molecule has 2 rings (SSSR count). The predicted molar refractivity (Wildman–Crippen MR) is 88.7 cm³/mol. The Balaban J connectivity index is 2.01. The number of thioether (sulfide) groups is 1. The molecule has 1 atom stereocenters. The average molecular weight is 355 g/mol. The van der Waals surface area contributed by atoms with Crippen molar-refractivity contribution in [2.75, 3.05) is 12.4 Å². The van der Waals surface area contributed by atoms with Crippen molar-refractivity contribution in [1.82, 2.24) is 0 Å². The lowest BCUT2D eigenvalue weighted by atomic mass is 10.2. The van der Waals surface area contributed by atoms with Crippen LogP contribution in [-0.4, -0.2) is 18.3 Å². The van der Waals surface area contributed by atoms with E-state index < -0.39 is 34.3 Å². The van der Waals surface area contributed by atoms with E-state index in [9.17, 15) is 18.0 Å². The maximum atomic E-state index is 13.5. The van der Waals surface area contributed by atoms with Gasteiger partial charge in [0.05, 0.1) is 12.4 Å². The zero-order valence-electron chi connectivity index (χ0n) is 13.1. The number of amides is 1. The zero-order chi connectivity index (χ0) is 17.7. The van der Waals surface area contributed by atoms with Gasteiger partial charge in [0.1, 0.15) is 28.9 Å². The van der Waals surface area contributed by atoms with E-state index in [-0.39, 0.29) is 0 Å². The molecule has 0 saturated carbocycles. The number of ether oxygens (including phenoxy) is 1. The molecule has 0 aliphatic carbocycles. The molecule has 0 aromatic heterocycles. The Hall–Kier alpha value is -2.15. The topological polar surface area (TPSA) is 38.3 Å². The van der Waals surface area contributed by atoms with Crippen molar-refractivity contribution >= 4 is 23.4 Å². The third-order valence-corrected chi connectivity index (χ3v) is 4.50. The van der Waals surface area contributed by atoms with Crippen LogP contribution in [0.15, 0.2) is 36.4 Å². The van der Waals surface area contributed by atoms with Crippen molar-refractivity contribution in [3.05, 3.63) is 59.4 Å². The van der Waals surface area contributed by atoms with Crippen LogP contribution in [0, 0.1) is 17.5 Å². The van der Waals surface area contributed by atoms with Gasteiger partial charge in [-0.15, -0.1) is 11.8 Å². The standard InChI is InChI=1S/C17H16F3NO2S/c1-10(17(22)21-16-13(19)4-3-5-14(16)20)24-9-11-8-12(18)6-7-15(11)23-2/h3-8,10H,9H2,1-2H3,(H,21,22). The third-order valence-electron chi connectivity index (χ3n) is 3.31. The molecule has 2 aromatic carbocycles. The highest BCUT2D eigenvalue weighted by molar-refractivity contribution is 7.99. The van der Waals surface area contributed by atoms with Crippen LogP contribution in [0.1, 0.15) is 12.5 Å². The number of para-hydroxylation sites is 1. The fourth-order valence-corrected chi connectivity index (χ4v) is 2.86. The third kappa shape index (κ3) is 4.44. The minimum atomic E-state index is -0.840. The summed E-state index contributed by atoms with van der Waals surface area (Å²) in [5, 5.41) is 1.64. The predicted octanol–water partition coefficient (Wildman–Crippen LogP) is 4.37. The van der Waals surface area contributed by atoms with Gasteiger partial charge in [0.15, 0.2) is 0 Å². The first-order chi connectivity index (χ1) is 11.4. The van der Waals surface area contributed by atoms with Gasteiger partial charge in [-0.25, -0.2) is 13.2 Å². The van der Waals surface area contributed by atoms with Crippen molar-refractivity contribution in [2.45, 2.75) is 17.9 Å². The molecule has 0 heterocycles. The second kappa shape index (κ2) is 8.10. The molecule has 24 heavy (non-hydrogen) atoms. The number of methoxy groups -OCH3 is 1. The SMILES string of the molecule is COc1ccc(F)cc1CSC(C)C(=O)Nc1c(F)cccc1F. The molecule has 0 saturated heterocycles. The highest BCUT2D eigenvalue weighted by atomic mass is 32.2. The van der Waals surface area contributed by atoms with E-state index >= 15 is 0 Å². The Kier molecular flexibility index (Phi) is 6.14. The Bertz CT molecular complexity index is 720. The molecule has 0 aliphatic rings. The van der Waals surface area contributed by atoms with Gasteiger partial charge in [0, 0.05) is 11.3 Å². The fraction of sp³-hybridized carbons (Fsp3) is 0.235. The van der Waals surface area contributed by atoms with Crippen LogP contribution in [0.25, 0.3) is 0 Å². The molecule has 128 valence electrons. The van der Waals surface area contributed by atoms with E-state index in [4.69, 9.17) is 4.74 Å². The highest BCUT2D eigenvalue weighted by Crippen LogP contribution is 2.27. The first-order valence-electron chi connectivity index (χ1n) is 7.11. The summed E-state index contributed by atoms with van der Waals surface area (Å²) in [7, 11) is 1.47. The molecule has 7 heteroatoms. The summed E-state index contributed by atoms with van der Waals surface area (Å²) >= 11 is 1.20.